The van der Waals surface area contributed by atoms with E-state index < -0.39 is 0 Å². The first-order chi connectivity index (χ1) is 16.1. The van der Waals surface area contributed by atoms with Crippen LogP contribution in [0.2, 0.25) is 5.02 Å². The molecule has 1 fully saturated rings. The van der Waals surface area contributed by atoms with Gasteiger partial charge in [0.1, 0.15) is 18.1 Å². The summed E-state index contributed by atoms with van der Waals surface area (Å²) in [6.07, 6.45) is 2.36. The highest BCUT2D eigenvalue weighted by atomic mass is 35.5. The zero-order valence-corrected chi connectivity index (χ0v) is 19.8. The number of aryl methyl sites for hydroxylation is 1. The molecule has 0 N–H and O–H groups in total. The minimum absolute atomic E-state index is 0.370. The van der Waals surface area contributed by atoms with Crippen LogP contribution in [0.25, 0.3) is 21.9 Å². The van der Waals surface area contributed by atoms with Gasteiger partial charge < -0.3 is 9.64 Å². The Morgan fingerprint density at radius 2 is 1.70 bits per heavy atom. The number of piperidine rings is 1. The van der Waals surface area contributed by atoms with Crippen LogP contribution in [0.15, 0.2) is 66.7 Å². The van der Waals surface area contributed by atoms with Gasteiger partial charge in [0.05, 0.1) is 5.69 Å². The Morgan fingerprint density at radius 1 is 0.970 bits per heavy atom. The third-order valence-electron chi connectivity index (χ3n) is 6.62. The van der Waals surface area contributed by atoms with Crippen LogP contribution < -0.4 is 4.74 Å². The SMILES string of the molecule is Cc1nnc(COc2cccc3cccc(C4CCN(C)CC4)c23)cc1-c1ccc(Cl)cc1. The number of hydrogen-bond acceptors (Lipinski definition) is 4. The van der Waals surface area contributed by atoms with E-state index in [0.29, 0.717) is 12.5 Å². The van der Waals surface area contributed by atoms with Crippen molar-refractivity contribution < 1.29 is 4.74 Å². The van der Waals surface area contributed by atoms with Crippen LogP contribution in [0.4, 0.5) is 0 Å². The van der Waals surface area contributed by atoms with Crippen LogP contribution in [0, 0.1) is 6.92 Å². The highest BCUT2D eigenvalue weighted by Crippen LogP contribution is 2.37. The molecule has 2 heterocycles. The topological polar surface area (TPSA) is 38.3 Å². The first-order valence-corrected chi connectivity index (χ1v) is 11.9. The molecule has 0 spiro atoms. The summed E-state index contributed by atoms with van der Waals surface area (Å²) in [6, 6.07) is 22.8. The molecule has 0 aliphatic carbocycles. The van der Waals surface area contributed by atoms with E-state index in [1.54, 1.807) is 0 Å². The van der Waals surface area contributed by atoms with Crippen molar-refractivity contribution in [1.29, 1.82) is 0 Å². The number of aromatic nitrogens is 2. The van der Waals surface area contributed by atoms with Crippen LogP contribution in [0.1, 0.15) is 35.7 Å². The fourth-order valence-electron chi connectivity index (χ4n) is 4.75. The van der Waals surface area contributed by atoms with E-state index in [0.717, 1.165) is 46.4 Å². The van der Waals surface area contributed by atoms with E-state index >= 15 is 0 Å². The van der Waals surface area contributed by atoms with E-state index in [1.165, 1.54) is 29.2 Å². The first-order valence-electron chi connectivity index (χ1n) is 11.5. The van der Waals surface area contributed by atoms with Crippen molar-refractivity contribution in [3.63, 3.8) is 0 Å². The molecule has 168 valence electrons. The number of fused-ring (bicyclic) bond motifs is 1. The zero-order valence-electron chi connectivity index (χ0n) is 19.1. The van der Waals surface area contributed by atoms with Gasteiger partial charge in [-0.05, 0) is 86.6 Å². The number of halogens is 1. The first kappa shape index (κ1) is 21.9. The average molecular weight is 458 g/mol. The smallest absolute Gasteiger partial charge is 0.132 e. The number of nitrogens with zero attached hydrogens (tertiary/aromatic N) is 3. The highest BCUT2D eigenvalue weighted by Gasteiger charge is 2.21. The predicted molar refractivity (Wildman–Crippen MR) is 135 cm³/mol. The molecule has 5 rings (SSSR count). The zero-order chi connectivity index (χ0) is 22.8. The van der Waals surface area contributed by atoms with Crippen molar-refractivity contribution in [2.24, 2.45) is 0 Å². The summed E-state index contributed by atoms with van der Waals surface area (Å²) in [4.78, 5) is 2.41. The van der Waals surface area contributed by atoms with E-state index in [4.69, 9.17) is 16.3 Å². The summed E-state index contributed by atoms with van der Waals surface area (Å²) < 4.78 is 6.37. The molecular formula is C28H28ClN3O. The summed E-state index contributed by atoms with van der Waals surface area (Å²) in [5.41, 5.74) is 5.20. The molecule has 3 aromatic carbocycles. The van der Waals surface area contributed by atoms with Crippen molar-refractivity contribution in [3.05, 3.63) is 88.7 Å². The van der Waals surface area contributed by atoms with Gasteiger partial charge in [-0.2, -0.15) is 10.2 Å². The lowest BCUT2D eigenvalue weighted by atomic mass is 9.86. The van der Waals surface area contributed by atoms with Gasteiger partial charge in [0.15, 0.2) is 0 Å². The third kappa shape index (κ3) is 4.73. The van der Waals surface area contributed by atoms with Crippen LogP contribution in [-0.2, 0) is 6.61 Å². The average Bonchev–Trinajstić information content (AvgIpc) is 2.84. The molecule has 0 bridgehead atoms. The second-order valence-corrected chi connectivity index (χ2v) is 9.35. The Hall–Kier alpha value is -2.95. The Labute approximate surface area is 200 Å². The summed E-state index contributed by atoms with van der Waals surface area (Å²) in [5.74, 6) is 1.47. The lowest BCUT2D eigenvalue weighted by molar-refractivity contribution is 0.255. The molecule has 4 nitrogen and oxygen atoms in total. The quantitative estimate of drug-likeness (QED) is 0.336. The van der Waals surface area contributed by atoms with Gasteiger partial charge in [0.25, 0.3) is 0 Å². The Balaban J connectivity index is 1.43. The van der Waals surface area contributed by atoms with Gasteiger partial charge in [-0.1, -0.05) is 54.1 Å². The van der Waals surface area contributed by atoms with E-state index in [1.807, 2.05) is 31.2 Å². The summed E-state index contributed by atoms with van der Waals surface area (Å²) in [5, 5.41) is 11.9. The van der Waals surface area contributed by atoms with Gasteiger partial charge in [-0.15, -0.1) is 0 Å². The second-order valence-electron chi connectivity index (χ2n) is 8.91. The minimum atomic E-state index is 0.370. The fourth-order valence-corrected chi connectivity index (χ4v) is 4.88. The Morgan fingerprint density at radius 3 is 2.45 bits per heavy atom. The number of likely N-dealkylation sites (tertiary alicyclic amines) is 1. The molecule has 0 radical (unpaired) electrons. The molecule has 1 aromatic heterocycles. The minimum Gasteiger partial charge on any atom is -0.487 e. The van der Waals surface area contributed by atoms with Gasteiger partial charge >= 0.3 is 0 Å². The lowest BCUT2D eigenvalue weighted by Crippen LogP contribution is -2.29. The summed E-state index contributed by atoms with van der Waals surface area (Å²) in [7, 11) is 2.20. The monoisotopic (exact) mass is 457 g/mol. The maximum absolute atomic E-state index is 6.37. The van der Waals surface area contributed by atoms with E-state index in [-0.39, 0.29) is 0 Å². The predicted octanol–water partition coefficient (Wildman–Crippen LogP) is 6.65. The molecule has 0 amide bonds. The maximum atomic E-state index is 6.37. The highest BCUT2D eigenvalue weighted by molar-refractivity contribution is 6.30. The number of rotatable bonds is 5. The third-order valence-corrected chi connectivity index (χ3v) is 6.87. The maximum Gasteiger partial charge on any atom is 0.132 e. The van der Waals surface area contributed by atoms with Crippen molar-refractivity contribution in [2.75, 3.05) is 20.1 Å². The van der Waals surface area contributed by atoms with Gasteiger partial charge in [0, 0.05) is 16.0 Å². The standard InChI is InChI=1S/C28H28ClN3O/c1-19-26(20-9-11-23(29)12-10-20)17-24(31-30-19)18-33-27-8-4-6-22-5-3-7-25(28(22)27)21-13-15-32(2)16-14-21/h3-12,17,21H,13-16,18H2,1-2H3. The largest absolute Gasteiger partial charge is 0.487 e. The fraction of sp³-hybridized carbons (Fsp3) is 0.286. The lowest BCUT2D eigenvalue weighted by Gasteiger charge is -2.30. The molecule has 0 atom stereocenters. The van der Waals surface area contributed by atoms with Crippen molar-refractivity contribution in [2.45, 2.75) is 32.3 Å². The molecule has 1 saturated heterocycles. The van der Waals surface area contributed by atoms with Gasteiger partial charge in [0.2, 0.25) is 0 Å². The molecule has 0 saturated carbocycles. The van der Waals surface area contributed by atoms with Crippen LogP contribution in [0.5, 0.6) is 5.75 Å². The number of ether oxygens (including phenoxy) is 1. The molecule has 4 aromatic rings. The van der Waals surface area contributed by atoms with Gasteiger partial charge in [-0.3, -0.25) is 0 Å². The van der Waals surface area contributed by atoms with Gasteiger partial charge in [-0.25, -0.2) is 0 Å². The molecule has 5 heteroatoms. The van der Waals surface area contributed by atoms with Crippen LogP contribution in [0.3, 0.4) is 0 Å². The van der Waals surface area contributed by atoms with E-state index in [9.17, 15) is 0 Å². The van der Waals surface area contributed by atoms with E-state index in [2.05, 4.69) is 64.6 Å². The number of hydrogen-bond donors (Lipinski definition) is 0. The van der Waals surface area contributed by atoms with Crippen molar-refractivity contribution in [1.82, 2.24) is 15.1 Å². The normalized spacial score (nSPS) is 15.1. The Bertz CT molecular complexity index is 1260. The van der Waals surface area contributed by atoms with Crippen molar-refractivity contribution >= 4 is 22.4 Å². The van der Waals surface area contributed by atoms with Crippen LogP contribution >= 0.6 is 11.6 Å². The molecule has 1 aliphatic heterocycles. The molecule has 33 heavy (non-hydrogen) atoms. The van der Waals surface area contributed by atoms with Crippen LogP contribution in [-0.4, -0.2) is 35.2 Å². The summed E-state index contributed by atoms with van der Waals surface area (Å²) in [6.45, 7) is 4.61. The second kappa shape index (κ2) is 9.50. The van der Waals surface area contributed by atoms with Crippen molar-refractivity contribution in [3.8, 4) is 16.9 Å². The molecular weight excluding hydrogens is 430 g/mol. The number of benzene rings is 3. The Kier molecular flexibility index (Phi) is 6.30. The summed E-state index contributed by atoms with van der Waals surface area (Å²) >= 11 is 6.06. The molecule has 0 unspecified atom stereocenters. The molecule has 1 aliphatic rings.